The minimum Gasteiger partial charge on any atom is -0.371 e. The van der Waals surface area contributed by atoms with Crippen LogP contribution in [0, 0.1) is 13.8 Å². The van der Waals surface area contributed by atoms with Crippen molar-refractivity contribution in [2.24, 2.45) is 0 Å². The third-order valence-electron chi connectivity index (χ3n) is 4.16. The van der Waals surface area contributed by atoms with Gasteiger partial charge in [0.2, 0.25) is 5.91 Å². The normalized spacial score (nSPS) is 18.5. The van der Waals surface area contributed by atoms with Crippen LogP contribution in [-0.4, -0.2) is 47.2 Å². The van der Waals surface area contributed by atoms with Crippen molar-refractivity contribution < 1.29 is 9.53 Å². The summed E-state index contributed by atoms with van der Waals surface area (Å²) in [6, 6.07) is 7.67. The molecule has 1 aromatic carbocycles. The second-order valence-corrected chi connectivity index (χ2v) is 6.38. The minimum absolute atomic E-state index is 0.0533. The molecule has 0 saturated carbocycles. The molecule has 7 heteroatoms. The highest BCUT2D eigenvalue weighted by Crippen LogP contribution is 2.28. The quantitative estimate of drug-likeness (QED) is 0.891. The fourth-order valence-electron chi connectivity index (χ4n) is 2.89. The second-order valence-electron chi connectivity index (χ2n) is 5.97. The molecule has 1 aromatic heterocycles. The van der Waals surface area contributed by atoms with Gasteiger partial charge < -0.3 is 10.1 Å². The van der Waals surface area contributed by atoms with Gasteiger partial charge in [-0.2, -0.15) is 5.10 Å². The van der Waals surface area contributed by atoms with Crippen LogP contribution in [0.1, 0.15) is 23.1 Å². The molecule has 0 bridgehead atoms. The number of nitrogens with one attached hydrogen (secondary N) is 2. The van der Waals surface area contributed by atoms with Crippen LogP contribution in [0.3, 0.4) is 0 Å². The van der Waals surface area contributed by atoms with Crippen molar-refractivity contribution >= 4 is 23.2 Å². The van der Waals surface area contributed by atoms with Gasteiger partial charge >= 0.3 is 0 Å². The Morgan fingerprint density at radius 3 is 2.96 bits per heavy atom. The lowest BCUT2D eigenvalue weighted by Crippen LogP contribution is -2.42. The third kappa shape index (κ3) is 3.77. The van der Waals surface area contributed by atoms with E-state index >= 15 is 0 Å². The molecule has 1 saturated heterocycles. The predicted molar refractivity (Wildman–Crippen MR) is 93.3 cm³/mol. The molecule has 1 amide bonds. The molecule has 6 nitrogen and oxygen atoms in total. The molecule has 0 aliphatic carbocycles. The number of benzene rings is 1. The third-order valence-corrected chi connectivity index (χ3v) is 4.51. The van der Waals surface area contributed by atoms with Crippen LogP contribution in [0.4, 0.5) is 5.69 Å². The summed E-state index contributed by atoms with van der Waals surface area (Å²) in [4.78, 5) is 14.4. The molecule has 128 valence electrons. The van der Waals surface area contributed by atoms with Crippen molar-refractivity contribution in [3.63, 3.8) is 0 Å². The zero-order chi connectivity index (χ0) is 17.1. The van der Waals surface area contributed by atoms with E-state index in [1.165, 1.54) is 0 Å². The van der Waals surface area contributed by atoms with Crippen molar-refractivity contribution in [1.82, 2.24) is 15.1 Å². The van der Waals surface area contributed by atoms with Gasteiger partial charge in [0.1, 0.15) is 0 Å². The van der Waals surface area contributed by atoms with Crippen LogP contribution in [0.25, 0.3) is 0 Å². The Bertz CT molecular complexity index is 712. The zero-order valence-electron chi connectivity index (χ0n) is 13.8. The lowest BCUT2D eigenvalue weighted by molar-refractivity contribution is -0.119. The number of H-pyrrole nitrogens is 1. The average Bonchev–Trinajstić information content (AvgIpc) is 2.87. The van der Waals surface area contributed by atoms with Gasteiger partial charge in [0.15, 0.2) is 0 Å². The highest BCUT2D eigenvalue weighted by molar-refractivity contribution is 6.31. The summed E-state index contributed by atoms with van der Waals surface area (Å²) in [5.74, 6) is -0.0533. The molecule has 3 rings (SSSR count). The van der Waals surface area contributed by atoms with E-state index in [9.17, 15) is 4.79 Å². The van der Waals surface area contributed by atoms with Gasteiger partial charge in [-0.1, -0.05) is 29.8 Å². The number of hydrogen-bond acceptors (Lipinski definition) is 4. The van der Waals surface area contributed by atoms with E-state index in [1.54, 1.807) is 0 Å². The maximum Gasteiger partial charge on any atom is 0.238 e. The fraction of sp³-hybridized carbons (Fsp3) is 0.412. The first-order valence-corrected chi connectivity index (χ1v) is 8.32. The van der Waals surface area contributed by atoms with Gasteiger partial charge in [0.25, 0.3) is 0 Å². The van der Waals surface area contributed by atoms with Crippen molar-refractivity contribution in [3.05, 3.63) is 46.2 Å². The summed E-state index contributed by atoms with van der Waals surface area (Å²) in [6.07, 6.45) is -0.113. The van der Waals surface area contributed by atoms with Crippen LogP contribution < -0.4 is 5.32 Å². The van der Waals surface area contributed by atoms with E-state index in [-0.39, 0.29) is 12.0 Å². The van der Waals surface area contributed by atoms with Crippen LogP contribution in [0.2, 0.25) is 5.02 Å². The molecule has 0 radical (unpaired) electrons. The number of anilines is 1. The Hall–Kier alpha value is -1.89. The largest absolute Gasteiger partial charge is 0.371 e. The Balaban J connectivity index is 1.61. The van der Waals surface area contributed by atoms with Gasteiger partial charge in [0.05, 0.1) is 36.3 Å². The summed E-state index contributed by atoms with van der Waals surface area (Å²) < 4.78 is 5.83. The van der Waals surface area contributed by atoms with E-state index < -0.39 is 0 Å². The fourth-order valence-corrected chi connectivity index (χ4v) is 3.15. The first-order chi connectivity index (χ1) is 11.5. The first kappa shape index (κ1) is 17.0. The Morgan fingerprint density at radius 1 is 1.46 bits per heavy atom. The molecule has 24 heavy (non-hydrogen) atoms. The Labute approximate surface area is 146 Å². The summed E-state index contributed by atoms with van der Waals surface area (Å²) in [5, 5.41) is 10.6. The molecule has 0 unspecified atom stereocenters. The number of amides is 1. The van der Waals surface area contributed by atoms with Crippen molar-refractivity contribution in [1.29, 1.82) is 0 Å². The summed E-state index contributed by atoms with van der Waals surface area (Å²) >= 11 is 6.25. The van der Waals surface area contributed by atoms with Crippen LogP contribution in [-0.2, 0) is 9.53 Å². The van der Waals surface area contributed by atoms with E-state index in [2.05, 4.69) is 20.4 Å². The number of halogens is 1. The molecule has 2 aromatic rings. The van der Waals surface area contributed by atoms with Gasteiger partial charge in [-0.3, -0.25) is 14.8 Å². The number of carbonyl (C=O) groups excluding carboxylic acids is 1. The maximum atomic E-state index is 12.3. The average molecular weight is 349 g/mol. The molecule has 2 N–H and O–H groups in total. The number of carbonyl (C=O) groups is 1. The van der Waals surface area contributed by atoms with E-state index in [4.69, 9.17) is 16.3 Å². The minimum atomic E-state index is -0.113. The SMILES string of the molecule is Cc1n[nH]c(C)c1NC(=O)CN1CCO[C@H](c2ccccc2Cl)C1. The maximum absolute atomic E-state index is 12.3. The van der Waals surface area contributed by atoms with Crippen molar-refractivity contribution in [2.45, 2.75) is 20.0 Å². The highest BCUT2D eigenvalue weighted by atomic mass is 35.5. The van der Waals surface area contributed by atoms with E-state index in [1.807, 2.05) is 38.1 Å². The van der Waals surface area contributed by atoms with Gasteiger partial charge in [-0.05, 0) is 19.9 Å². The number of morpholine rings is 1. The second kappa shape index (κ2) is 7.34. The topological polar surface area (TPSA) is 70.2 Å². The van der Waals surface area contributed by atoms with E-state index in [0.29, 0.717) is 24.7 Å². The summed E-state index contributed by atoms with van der Waals surface area (Å²) in [5.41, 5.74) is 3.37. The zero-order valence-corrected chi connectivity index (χ0v) is 14.6. The Morgan fingerprint density at radius 2 is 2.25 bits per heavy atom. The number of nitrogens with zero attached hydrogens (tertiary/aromatic N) is 2. The smallest absolute Gasteiger partial charge is 0.238 e. The lowest BCUT2D eigenvalue weighted by Gasteiger charge is -2.33. The summed E-state index contributed by atoms with van der Waals surface area (Å²) in [7, 11) is 0. The van der Waals surface area contributed by atoms with Gasteiger partial charge in [-0.15, -0.1) is 0 Å². The Kier molecular flexibility index (Phi) is 5.18. The molecular formula is C17H21ClN4O2. The van der Waals surface area contributed by atoms with Crippen LogP contribution in [0.15, 0.2) is 24.3 Å². The molecule has 2 heterocycles. The summed E-state index contributed by atoms with van der Waals surface area (Å²) in [6.45, 7) is 6.00. The highest BCUT2D eigenvalue weighted by Gasteiger charge is 2.25. The number of ether oxygens (including phenoxy) is 1. The number of hydrogen-bond donors (Lipinski definition) is 2. The molecule has 1 aliphatic heterocycles. The van der Waals surface area contributed by atoms with Gasteiger partial charge in [-0.25, -0.2) is 0 Å². The van der Waals surface area contributed by atoms with Crippen molar-refractivity contribution in [3.8, 4) is 0 Å². The van der Waals surface area contributed by atoms with Crippen LogP contribution >= 0.6 is 11.6 Å². The number of aromatic nitrogens is 2. The monoisotopic (exact) mass is 348 g/mol. The van der Waals surface area contributed by atoms with E-state index in [0.717, 1.165) is 29.2 Å². The molecule has 0 spiro atoms. The first-order valence-electron chi connectivity index (χ1n) is 7.94. The van der Waals surface area contributed by atoms with Crippen molar-refractivity contribution in [2.75, 3.05) is 31.6 Å². The molecule has 1 aliphatic rings. The molecule has 1 fully saturated rings. The lowest BCUT2D eigenvalue weighted by atomic mass is 10.1. The molecular weight excluding hydrogens is 328 g/mol. The molecule has 1 atom stereocenters. The number of rotatable bonds is 4. The number of aryl methyl sites for hydroxylation is 2. The predicted octanol–water partition coefficient (Wildman–Crippen LogP) is 2.69. The number of aromatic amines is 1. The van der Waals surface area contributed by atoms with Crippen LogP contribution in [0.5, 0.6) is 0 Å². The standard InChI is InChI=1S/C17H21ClN4O2/c1-11-17(12(2)21-20-11)19-16(23)10-22-7-8-24-15(9-22)13-5-3-4-6-14(13)18/h3-6,15H,7-10H2,1-2H3,(H,19,23)(H,20,21)/t15-/m0/s1. The van der Waals surface area contributed by atoms with Gasteiger partial charge in [0, 0.05) is 23.7 Å².